The van der Waals surface area contributed by atoms with Crippen LogP contribution in [0.1, 0.15) is 26.3 Å². The Hall–Kier alpha value is -2.50. The van der Waals surface area contributed by atoms with Gasteiger partial charge in [0.15, 0.2) is 0 Å². The Bertz CT molecular complexity index is 758. The summed E-state index contributed by atoms with van der Waals surface area (Å²) in [6, 6.07) is 5.99. The number of aryl methyl sites for hydroxylation is 1. The summed E-state index contributed by atoms with van der Waals surface area (Å²) in [6.07, 6.45) is 2.21. The number of ether oxygens (including phenoxy) is 1. The molecule has 1 aromatic heterocycles. The second kappa shape index (κ2) is 5.30. The number of aromatic nitrogens is 2. The molecule has 6 heteroatoms. The molecule has 2 heterocycles. The first-order valence-electron chi connectivity index (χ1n) is 7.68. The molecular weight excluding hydrogens is 292 g/mol. The molecule has 0 unspecified atom stereocenters. The van der Waals surface area contributed by atoms with Crippen molar-refractivity contribution >= 4 is 17.6 Å². The quantitative estimate of drug-likeness (QED) is 0.878. The second-order valence-electron chi connectivity index (χ2n) is 6.76. The third-order valence-corrected chi connectivity index (χ3v) is 3.88. The molecular formula is C17H22N4O2. The number of fused-ring (bicyclic) bond motifs is 1. The molecule has 0 fully saturated rings. The number of nitrogens with zero attached hydrogens (tertiary/aromatic N) is 3. The Kier molecular flexibility index (Phi) is 3.55. The van der Waals surface area contributed by atoms with Crippen molar-refractivity contribution in [3.05, 3.63) is 30.0 Å². The average molecular weight is 314 g/mol. The van der Waals surface area contributed by atoms with E-state index in [1.807, 2.05) is 39.0 Å². The highest BCUT2D eigenvalue weighted by Gasteiger charge is 2.31. The largest absolute Gasteiger partial charge is 0.443 e. The Balaban J connectivity index is 2.05. The normalized spacial score (nSPS) is 14.0. The van der Waals surface area contributed by atoms with E-state index in [1.165, 1.54) is 0 Å². The van der Waals surface area contributed by atoms with E-state index in [9.17, 15) is 4.79 Å². The minimum absolute atomic E-state index is 0.328. The third kappa shape index (κ3) is 2.76. The number of nitrogen functional groups attached to an aromatic ring is 1. The molecule has 1 aliphatic heterocycles. The van der Waals surface area contributed by atoms with E-state index in [-0.39, 0.29) is 6.09 Å². The fourth-order valence-corrected chi connectivity index (χ4v) is 2.83. The van der Waals surface area contributed by atoms with E-state index in [1.54, 1.807) is 22.8 Å². The van der Waals surface area contributed by atoms with Crippen LogP contribution in [0.4, 0.5) is 16.3 Å². The molecule has 1 amide bonds. The van der Waals surface area contributed by atoms with Crippen LogP contribution in [0.15, 0.2) is 24.4 Å². The van der Waals surface area contributed by atoms with Gasteiger partial charge in [-0.2, -0.15) is 5.10 Å². The van der Waals surface area contributed by atoms with Crippen molar-refractivity contribution in [2.75, 3.05) is 17.2 Å². The molecule has 0 atom stereocenters. The molecule has 0 saturated carbocycles. The van der Waals surface area contributed by atoms with Crippen LogP contribution < -0.4 is 10.6 Å². The zero-order valence-electron chi connectivity index (χ0n) is 14.0. The van der Waals surface area contributed by atoms with Gasteiger partial charge in [-0.25, -0.2) is 4.79 Å². The van der Waals surface area contributed by atoms with Crippen LogP contribution in [0.25, 0.3) is 11.1 Å². The van der Waals surface area contributed by atoms with Crippen LogP contribution in [0, 0.1) is 0 Å². The van der Waals surface area contributed by atoms with Gasteiger partial charge >= 0.3 is 6.09 Å². The number of nitrogens with two attached hydrogens (primary N) is 1. The van der Waals surface area contributed by atoms with Gasteiger partial charge in [0.25, 0.3) is 0 Å². The summed E-state index contributed by atoms with van der Waals surface area (Å²) in [4.78, 5) is 14.2. The number of amides is 1. The van der Waals surface area contributed by atoms with Crippen molar-refractivity contribution in [1.29, 1.82) is 0 Å². The topological polar surface area (TPSA) is 73.4 Å². The first-order valence-corrected chi connectivity index (χ1v) is 7.68. The Labute approximate surface area is 135 Å². The standard InChI is InChI=1S/C17H22N4O2/c1-17(2,3)23-16(22)21-9-8-11-6-5-7-12(14(11)21)13-10-19-20(4)15(13)18/h5-7,10H,8-9,18H2,1-4H3. The summed E-state index contributed by atoms with van der Waals surface area (Å²) in [7, 11) is 1.80. The van der Waals surface area contributed by atoms with Crippen molar-refractivity contribution < 1.29 is 9.53 Å². The lowest BCUT2D eigenvalue weighted by Crippen LogP contribution is -2.35. The maximum absolute atomic E-state index is 12.5. The molecule has 0 aliphatic carbocycles. The SMILES string of the molecule is Cn1ncc(-c2cccc3c2N(C(=O)OC(C)(C)C)CC3)c1N. The molecule has 1 aliphatic rings. The predicted molar refractivity (Wildman–Crippen MR) is 90.3 cm³/mol. The van der Waals surface area contributed by atoms with Gasteiger partial charge in [-0.1, -0.05) is 18.2 Å². The number of para-hydroxylation sites is 1. The van der Waals surface area contributed by atoms with Gasteiger partial charge in [0.2, 0.25) is 0 Å². The van der Waals surface area contributed by atoms with E-state index in [0.717, 1.165) is 28.8 Å². The van der Waals surface area contributed by atoms with Crippen LogP contribution in [-0.2, 0) is 18.2 Å². The molecule has 6 nitrogen and oxygen atoms in total. The van der Waals surface area contributed by atoms with E-state index in [2.05, 4.69) is 5.10 Å². The molecule has 1 aromatic carbocycles. The molecule has 0 spiro atoms. The highest BCUT2D eigenvalue weighted by molar-refractivity contribution is 5.98. The van der Waals surface area contributed by atoms with E-state index in [4.69, 9.17) is 10.5 Å². The number of anilines is 2. The monoisotopic (exact) mass is 314 g/mol. The fourth-order valence-electron chi connectivity index (χ4n) is 2.83. The van der Waals surface area contributed by atoms with Gasteiger partial charge in [-0.15, -0.1) is 0 Å². The lowest BCUT2D eigenvalue weighted by atomic mass is 10.0. The maximum atomic E-state index is 12.5. The summed E-state index contributed by atoms with van der Waals surface area (Å²) in [5.74, 6) is 0.578. The van der Waals surface area contributed by atoms with Gasteiger partial charge in [-0.05, 0) is 32.8 Å². The first kappa shape index (κ1) is 15.4. The zero-order chi connectivity index (χ0) is 16.8. The fraction of sp³-hybridized carbons (Fsp3) is 0.412. The van der Waals surface area contributed by atoms with Crippen LogP contribution in [-0.4, -0.2) is 28.0 Å². The number of carbonyl (C=O) groups is 1. The average Bonchev–Trinajstić information content (AvgIpc) is 3.02. The van der Waals surface area contributed by atoms with E-state index < -0.39 is 5.60 Å². The molecule has 2 N–H and O–H groups in total. The zero-order valence-corrected chi connectivity index (χ0v) is 14.0. The number of hydrogen-bond acceptors (Lipinski definition) is 4. The minimum atomic E-state index is -0.526. The van der Waals surface area contributed by atoms with Gasteiger partial charge in [0.05, 0.1) is 11.9 Å². The maximum Gasteiger partial charge on any atom is 0.414 e. The molecule has 122 valence electrons. The molecule has 0 saturated heterocycles. The summed E-state index contributed by atoms with van der Waals surface area (Å²) in [5, 5.41) is 4.20. The van der Waals surface area contributed by atoms with E-state index in [0.29, 0.717) is 12.4 Å². The van der Waals surface area contributed by atoms with Gasteiger partial charge in [0, 0.05) is 24.7 Å². The first-order chi connectivity index (χ1) is 10.8. The smallest absolute Gasteiger partial charge is 0.414 e. The van der Waals surface area contributed by atoms with Crippen molar-refractivity contribution in [1.82, 2.24) is 9.78 Å². The number of hydrogen-bond donors (Lipinski definition) is 1. The minimum Gasteiger partial charge on any atom is -0.443 e. The highest BCUT2D eigenvalue weighted by Crippen LogP contribution is 2.40. The van der Waals surface area contributed by atoms with Crippen molar-refractivity contribution in [3.8, 4) is 11.1 Å². The van der Waals surface area contributed by atoms with Gasteiger partial charge in [-0.3, -0.25) is 9.58 Å². The van der Waals surface area contributed by atoms with Crippen molar-refractivity contribution in [3.63, 3.8) is 0 Å². The summed E-state index contributed by atoms with van der Waals surface area (Å²) >= 11 is 0. The molecule has 23 heavy (non-hydrogen) atoms. The lowest BCUT2D eigenvalue weighted by Gasteiger charge is -2.26. The second-order valence-corrected chi connectivity index (χ2v) is 6.76. The Morgan fingerprint density at radius 2 is 2.04 bits per heavy atom. The number of carbonyl (C=O) groups excluding carboxylic acids is 1. The van der Waals surface area contributed by atoms with Gasteiger partial charge < -0.3 is 10.5 Å². The van der Waals surface area contributed by atoms with Crippen molar-refractivity contribution in [2.24, 2.45) is 7.05 Å². The van der Waals surface area contributed by atoms with E-state index >= 15 is 0 Å². The Morgan fingerprint density at radius 3 is 2.65 bits per heavy atom. The number of rotatable bonds is 1. The highest BCUT2D eigenvalue weighted by atomic mass is 16.6. The van der Waals surface area contributed by atoms with Crippen LogP contribution in [0.2, 0.25) is 0 Å². The van der Waals surface area contributed by atoms with Crippen LogP contribution >= 0.6 is 0 Å². The molecule has 0 radical (unpaired) electrons. The number of benzene rings is 1. The third-order valence-electron chi connectivity index (χ3n) is 3.88. The van der Waals surface area contributed by atoms with Crippen LogP contribution in [0.3, 0.4) is 0 Å². The summed E-state index contributed by atoms with van der Waals surface area (Å²) in [5.41, 5.74) is 9.34. The molecule has 3 rings (SSSR count). The molecule has 2 aromatic rings. The summed E-state index contributed by atoms with van der Waals surface area (Å²) in [6.45, 7) is 6.22. The predicted octanol–water partition coefficient (Wildman–Crippen LogP) is 2.97. The summed E-state index contributed by atoms with van der Waals surface area (Å²) < 4.78 is 7.17. The molecule has 0 bridgehead atoms. The van der Waals surface area contributed by atoms with Crippen LogP contribution in [0.5, 0.6) is 0 Å². The van der Waals surface area contributed by atoms with Gasteiger partial charge in [0.1, 0.15) is 11.4 Å². The van der Waals surface area contributed by atoms with Crippen molar-refractivity contribution in [2.45, 2.75) is 32.8 Å². The lowest BCUT2D eigenvalue weighted by molar-refractivity contribution is 0.0584. The Morgan fingerprint density at radius 1 is 1.30 bits per heavy atom.